The lowest BCUT2D eigenvalue weighted by Gasteiger charge is -2.58. The molecule has 8 saturated carbocycles. The third-order valence-electron chi connectivity index (χ3n) is 12.7. The van der Waals surface area contributed by atoms with Gasteiger partial charge in [-0.05, 0) is 162 Å². The van der Waals surface area contributed by atoms with Crippen LogP contribution in [0.1, 0.15) is 102 Å². The first kappa shape index (κ1) is 28.2. The van der Waals surface area contributed by atoms with Gasteiger partial charge in [0, 0.05) is 23.6 Å². The van der Waals surface area contributed by atoms with E-state index in [1.165, 1.54) is 77.0 Å². The molecule has 4 heteroatoms. The summed E-state index contributed by atoms with van der Waals surface area (Å²) in [5.41, 5.74) is 2.59. The van der Waals surface area contributed by atoms with Gasteiger partial charge in [-0.2, -0.15) is 0 Å². The molecule has 4 nitrogen and oxygen atoms in total. The van der Waals surface area contributed by atoms with Crippen LogP contribution in [0.15, 0.2) is 58.5 Å². The lowest BCUT2D eigenvalue weighted by molar-refractivity contribution is -0.0633. The van der Waals surface area contributed by atoms with Gasteiger partial charge in [0.15, 0.2) is 0 Å². The first-order chi connectivity index (χ1) is 20.3. The van der Waals surface area contributed by atoms with Gasteiger partial charge in [0.1, 0.15) is 11.5 Å². The highest BCUT2D eigenvalue weighted by molar-refractivity contribution is 5.83. The zero-order chi connectivity index (χ0) is 28.9. The van der Waals surface area contributed by atoms with Gasteiger partial charge < -0.3 is 10.2 Å². The number of phenols is 2. The maximum absolute atomic E-state index is 9.87. The van der Waals surface area contributed by atoms with Crippen LogP contribution in [-0.2, 0) is 0 Å². The van der Waals surface area contributed by atoms with Crippen LogP contribution in [0.2, 0.25) is 0 Å². The lowest BCUT2D eigenvalue weighted by atomic mass is 9.48. The summed E-state index contributed by atoms with van der Waals surface area (Å²) >= 11 is 0. The zero-order valence-electron chi connectivity index (χ0n) is 25.7. The van der Waals surface area contributed by atoms with Crippen molar-refractivity contribution in [2.24, 2.45) is 56.3 Å². The summed E-state index contributed by atoms with van der Waals surface area (Å²) in [4.78, 5) is 9.72. The van der Waals surface area contributed by atoms with Crippen LogP contribution in [-0.4, -0.2) is 34.7 Å². The molecule has 8 aliphatic carbocycles. The Bertz CT molecular complexity index is 1160. The predicted molar refractivity (Wildman–Crippen MR) is 172 cm³/mol. The number of rotatable bonds is 6. The molecule has 0 unspecified atom stereocenters. The van der Waals surface area contributed by atoms with Crippen LogP contribution in [0.4, 0.5) is 0 Å². The molecule has 0 radical (unpaired) electrons. The number of aromatic hydroxyl groups is 2. The Hall–Kier alpha value is -2.62. The molecule has 2 aromatic carbocycles. The monoisotopic (exact) mass is 566 g/mol. The van der Waals surface area contributed by atoms with Crippen molar-refractivity contribution in [2.75, 3.05) is 0 Å². The molecule has 2 atom stereocenters. The topological polar surface area (TPSA) is 65.2 Å². The Balaban J connectivity index is 0.000000137. The molecular formula is C38H50N2O2. The standard InChI is InChI=1S/2C19H25NO/c2*1-13(20-12-17-4-2-3-5-18(17)21)19-9-14-6-15(10-19)8-16(7-14)11-19/h2*2-5,12-16,21H,6-11H2,1H3/t2*13-,14?,15?,16?,19?/m10/s1. The van der Waals surface area contributed by atoms with Crippen molar-refractivity contribution in [2.45, 2.75) is 103 Å². The molecule has 10 rings (SSSR count). The number of para-hydroxylation sites is 2. The molecule has 0 spiro atoms. The molecule has 8 aliphatic rings. The van der Waals surface area contributed by atoms with Crippen LogP contribution in [0.3, 0.4) is 0 Å². The Labute approximate surface area is 252 Å². The number of hydrogen-bond acceptors (Lipinski definition) is 4. The highest BCUT2D eigenvalue weighted by atomic mass is 16.3. The smallest absolute Gasteiger partial charge is 0.124 e. The minimum Gasteiger partial charge on any atom is -0.507 e. The van der Waals surface area contributed by atoms with Gasteiger partial charge in [-0.1, -0.05) is 24.3 Å². The Kier molecular flexibility index (Phi) is 7.47. The summed E-state index contributed by atoms with van der Waals surface area (Å²) in [6.45, 7) is 4.59. The molecule has 8 bridgehead atoms. The molecule has 0 aliphatic heterocycles. The van der Waals surface area contributed by atoms with E-state index in [0.717, 1.165) is 46.6 Å². The van der Waals surface area contributed by atoms with E-state index < -0.39 is 0 Å². The molecule has 2 aromatic rings. The van der Waals surface area contributed by atoms with E-state index in [-0.39, 0.29) is 0 Å². The van der Waals surface area contributed by atoms with Crippen molar-refractivity contribution in [3.63, 3.8) is 0 Å². The fraction of sp³-hybridized carbons (Fsp3) is 0.632. The fourth-order valence-electron chi connectivity index (χ4n) is 11.3. The number of phenolic OH excluding ortho intramolecular Hbond substituents is 2. The van der Waals surface area contributed by atoms with Crippen molar-refractivity contribution in [3.05, 3.63) is 59.7 Å². The van der Waals surface area contributed by atoms with E-state index >= 15 is 0 Å². The predicted octanol–water partition coefficient (Wildman–Crippen LogP) is 8.83. The van der Waals surface area contributed by atoms with E-state index in [1.807, 2.05) is 48.8 Å². The minimum atomic E-state index is 0.332. The summed E-state index contributed by atoms with van der Waals surface area (Å²) in [6, 6.07) is 15.7. The highest BCUT2D eigenvalue weighted by Gasteiger charge is 2.54. The molecule has 8 fully saturated rings. The quantitative estimate of drug-likeness (QED) is 0.343. The van der Waals surface area contributed by atoms with Gasteiger partial charge in [0.2, 0.25) is 0 Å². The summed E-state index contributed by atoms with van der Waals surface area (Å²) in [5, 5.41) is 19.7. The van der Waals surface area contributed by atoms with Crippen LogP contribution in [0, 0.1) is 46.3 Å². The Morgan fingerprint density at radius 1 is 0.548 bits per heavy atom. The van der Waals surface area contributed by atoms with Gasteiger partial charge in [0.05, 0.1) is 12.1 Å². The molecule has 0 heterocycles. The van der Waals surface area contributed by atoms with Crippen molar-refractivity contribution in [1.29, 1.82) is 0 Å². The van der Waals surface area contributed by atoms with Crippen LogP contribution in [0.25, 0.3) is 0 Å². The first-order valence-corrected chi connectivity index (χ1v) is 16.9. The second kappa shape index (κ2) is 11.1. The normalized spacial score (nSPS) is 39.0. The van der Waals surface area contributed by atoms with Gasteiger partial charge in [-0.25, -0.2) is 0 Å². The van der Waals surface area contributed by atoms with Gasteiger partial charge in [0.25, 0.3) is 0 Å². The van der Waals surface area contributed by atoms with E-state index in [9.17, 15) is 10.2 Å². The number of aliphatic imine (C=N–C) groups is 2. The average Bonchev–Trinajstić information content (AvgIpc) is 2.95. The van der Waals surface area contributed by atoms with E-state index in [1.54, 1.807) is 12.1 Å². The van der Waals surface area contributed by atoms with Gasteiger partial charge >= 0.3 is 0 Å². The zero-order valence-corrected chi connectivity index (χ0v) is 25.7. The van der Waals surface area contributed by atoms with Crippen LogP contribution >= 0.6 is 0 Å². The third-order valence-corrected chi connectivity index (χ3v) is 12.7. The number of benzene rings is 2. The van der Waals surface area contributed by atoms with Gasteiger partial charge in [-0.15, -0.1) is 0 Å². The largest absolute Gasteiger partial charge is 0.507 e. The van der Waals surface area contributed by atoms with Crippen LogP contribution in [0.5, 0.6) is 11.5 Å². The fourth-order valence-corrected chi connectivity index (χ4v) is 11.3. The molecule has 0 saturated heterocycles. The maximum atomic E-state index is 9.87. The van der Waals surface area contributed by atoms with Crippen molar-refractivity contribution in [3.8, 4) is 11.5 Å². The van der Waals surface area contributed by atoms with E-state index in [0.29, 0.717) is 34.4 Å². The highest BCUT2D eigenvalue weighted by Crippen LogP contribution is 2.63. The first-order valence-electron chi connectivity index (χ1n) is 16.9. The molecule has 2 N–H and O–H groups in total. The van der Waals surface area contributed by atoms with Gasteiger partial charge in [-0.3, -0.25) is 9.98 Å². The molecule has 42 heavy (non-hydrogen) atoms. The van der Waals surface area contributed by atoms with Crippen molar-refractivity contribution >= 4 is 12.4 Å². The maximum Gasteiger partial charge on any atom is 0.124 e. The summed E-state index contributed by atoms with van der Waals surface area (Å²) in [7, 11) is 0. The second-order valence-corrected chi connectivity index (χ2v) is 15.6. The molecular weight excluding hydrogens is 516 g/mol. The SMILES string of the molecule is C[C@@H](N=Cc1ccccc1O)C12CC3CC(CC(C3)C1)C2.C[C@H](N=Cc1ccccc1O)C12CC3CC(CC(C3)C1)C2. The van der Waals surface area contributed by atoms with Crippen molar-refractivity contribution in [1.82, 2.24) is 0 Å². The summed E-state index contributed by atoms with van der Waals surface area (Å²) in [6.07, 6.45) is 21.0. The molecule has 0 amide bonds. The Morgan fingerprint density at radius 2 is 0.833 bits per heavy atom. The Morgan fingerprint density at radius 3 is 1.12 bits per heavy atom. The summed E-state index contributed by atoms with van der Waals surface area (Å²) < 4.78 is 0. The minimum absolute atomic E-state index is 0.332. The third kappa shape index (κ3) is 5.44. The van der Waals surface area contributed by atoms with E-state index in [4.69, 9.17) is 9.98 Å². The second-order valence-electron chi connectivity index (χ2n) is 15.6. The van der Waals surface area contributed by atoms with Crippen LogP contribution < -0.4 is 0 Å². The summed E-state index contributed by atoms with van der Waals surface area (Å²) in [5.74, 6) is 6.49. The van der Waals surface area contributed by atoms with E-state index in [2.05, 4.69) is 13.8 Å². The van der Waals surface area contributed by atoms with Crippen molar-refractivity contribution < 1.29 is 10.2 Å². The average molecular weight is 567 g/mol. The lowest BCUT2D eigenvalue weighted by Crippen LogP contribution is -2.50. The molecule has 0 aromatic heterocycles. The number of hydrogen-bond donors (Lipinski definition) is 2. The number of nitrogens with zero attached hydrogens (tertiary/aromatic N) is 2. The molecule has 224 valence electrons.